The summed E-state index contributed by atoms with van der Waals surface area (Å²) in [6, 6.07) is 0. The summed E-state index contributed by atoms with van der Waals surface area (Å²) in [5.41, 5.74) is 0.876. The molecule has 0 aromatic carbocycles. The van der Waals surface area contributed by atoms with Crippen molar-refractivity contribution in [3.63, 3.8) is 0 Å². The van der Waals surface area contributed by atoms with Crippen LogP contribution >= 0.6 is 0 Å². The lowest BCUT2D eigenvalue weighted by Gasteiger charge is -2.52. The van der Waals surface area contributed by atoms with Crippen molar-refractivity contribution in [2.75, 3.05) is 0 Å². The van der Waals surface area contributed by atoms with Gasteiger partial charge < -0.3 is 15.3 Å². The average molecular weight is 431 g/mol. The van der Waals surface area contributed by atoms with Crippen LogP contribution in [-0.4, -0.2) is 33.1 Å². The van der Waals surface area contributed by atoms with Crippen LogP contribution in [0, 0.1) is 35.0 Å². The highest BCUT2D eigenvalue weighted by molar-refractivity contribution is 5.33. The van der Waals surface area contributed by atoms with Gasteiger partial charge in [0.15, 0.2) is 0 Å². The zero-order valence-corrected chi connectivity index (χ0v) is 20.5. The van der Waals surface area contributed by atoms with E-state index in [4.69, 9.17) is 0 Å². The number of aliphatic hydroxyl groups excluding tert-OH is 2. The number of aliphatic hydroxyl groups is 3. The normalized spacial score (nSPS) is 41.0. The molecule has 0 spiro atoms. The molecule has 3 aliphatic rings. The number of fused-ring (bicyclic) bond motifs is 1. The molecule has 0 unspecified atom stereocenters. The van der Waals surface area contributed by atoms with E-state index >= 15 is 0 Å². The molecule has 3 aliphatic carbocycles. The zero-order valence-electron chi connectivity index (χ0n) is 20.5. The van der Waals surface area contributed by atoms with E-state index in [-0.39, 0.29) is 17.4 Å². The molecule has 0 aliphatic heterocycles. The summed E-state index contributed by atoms with van der Waals surface area (Å²) in [6.45, 7) is 15.6. The van der Waals surface area contributed by atoms with E-state index in [1.807, 2.05) is 6.08 Å². The molecule has 0 heterocycles. The van der Waals surface area contributed by atoms with E-state index in [0.29, 0.717) is 36.5 Å². The number of hydrogen-bond acceptors (Lipinski definition) is 3. The number of hydrogen-bond donors (Lipinski definition) is 3. The molecular weight excluding hydrogens is 384 g/mol. The summed E-state index contributed by atoms with van der Waals surface area (Å²) in [5, 5.41) is 33.2. The lowest BCUT2D eigenvalue weighted by atomic mass is 9.56. The third-order valence-corrected chi connectivity index (χ3v) is 9.27. The predicted molar refractivity (Wildman–Crippen MR) is 129 cm³/mol. The van der Waals surface area contributed by atoms with E-state index in [9.17, 15) is 15.3 Å². The lowest BCUT2D eigenvalue weighted by molar-refractivity contribution is -0.155. The molecule has 3 nitrogen and oxygen atoms in total. The van der Waals surface area contributed by atoms with Crippen molar-refractivity contribution in [1.29, 1.82) is 0 Å². The van der Waals surface area contributed by atoms with Gasteiger partial charge in [0.05, 0.1) is 11.7 Å². The maximum atomic E-state index is 11.8. The summed E-state index contributed by atoms with van der Waals surface area (Å²) >= 11 is 0. The van der Waals surface area contributed by atoms with Crippen molar-refractivity contribution in [2.45, 2.75) is 104 Å². The van der Waals surface area contributed by atoms with Gasteiger partial charge in [-0.15, -0.1) is 0 Å². The Bertz CT molecular complexity index is 707. The van der Waals surface area contributed by atoms with Crippen LogP contribution < -0.4 is 0 Å². The molecule has 176 valence electrons. The second kappa shape index (κ2) is 9.53. The Balaban J connectivity index is 1.80. The summed E-state index contributed by atoms with van der Waals surface area (Å²) in [6.07, 6.45) is 12.2. The molecule has 0 aromatic rings. The summed E-state index contributed by atoms with van der Waals surface area (Å²) in [7, 11) is 0. The molecule has 3 heteroatoms. The third-order valence-electron chi connectivity index (χ3n) is 9.27. The molecule has 0 saturated heterocycles. The molecule has 0 aromatic heterocycles. The van der Waals surface area contributed by atoms with Gasteiger partial charge in [0.1, 0.15) is 6.10 Å². The Morgan fingerprint density at radius 1 is 1.06 bits per heavy atom. The van der Waals surface area contributed by atoms with Gasteiger partial charge in [0.2, 0.25) is 0 Å². The van der Waals surface area contributed by atoms with Crippen LogP contribution in [0.2, 0.25) is 0 Å². The fourth-order valence-corrected chi connectivity index (χ4v) is 6.82. The van der Waals surface area contributed by atoms with Crippen LogP contribution in [0.5, 0.6) is 0 Å². The first-order valence-corrected chi connectivity index (χ1v) is 12.6. The number of allylic oxidation sites excluding steroid dienone is 3. The van der Waals surface area contributed by atoms with Gasteiger partial charge in [0, 0.05) is 0 Å². The summed E-state index contributed by atoms with van der Waals surface area (Å²) in [4.78, 5) is 0. The molecule has 3 N–H and O–H groups in total. The van der Waals surface area contributed by atoms with E-state index in [1.165, 1.54) is 0 Å². The fourth-order valence-electron chi connectivity index (χ4n) is 6.82. The Morgan fingerprint density at radius 3 is 2.45 bits per heavy atom. The maximum Gasteiger partial charge on any atom is 0.102 e. The first-order chi connectivity index (χ1) is 14.5. The van der Waals surface area contributed by atoms with Gasteiger partial charge in [-0.25, -0.2) is 0 Å². The minimum Gasteiger partial charge on any atom is -0.393 e. The van der Waals surface area contributed by atoms with Crippen LogP contribution in [0.25, 0.3) is 0 Å². The Morgan fingerprint density at radius 2 is 1.77 bits per heavy atom. The van der Waals surface area contributed by atoms with Crippen LogP contribution in [-0.2, 0) is 0 Å². The van der Waals surface area contributed by atoms with Gasteiger partial charge in [-0.3, -0.25) is 0 Å². The van der Waals surface area contributed by atoms with Crippen molar-refractivity contribution in [2.24, 2.45) is 35.0 Å². The van der Waals surface area contributed by atoms with Crippen molar-refractivity contribution in [1.82, 2.24) is 0 Å². The van der Waals surface area contributed by atoms with Crippen molar-refractivity contribution >= 4 is 0 Å². The van der Waals surface area contributed by atoms with E-state index in [0.717, 1.165) is 49.7 Å². The SMILES string of the molecule is C=C1CC[C@H](O)C/C1=C/[C@H](O)[C@]1(O)CCC[C@]2(C)[C@@H]([C@H](C)/C=C/[C@H](C)C(C)C)CC[C@@H]21. The second-order valence-corrected chi connectivity index (χ2v) is 11.6. The topological polar surface area (TPSA) is 60.7 Å². The van der Waals surface area contributed by atoms with E-state index in [1.54, 1.807) is 0 Å². The largest absolute Gasteiger partial charge is 0.393 e. The van der Waals surface area contributed by atoms with Gasteiger partial charge in [0.25, 0.3) is 0 Å². The molecule has 3 saturated carbocycles. The quantitative estimate of drug-likeness (QED) is 0.466. The predicted octanol–water partition coefficient (Wildman–Crippen LogP) is 5.81. The minimum absolute atomic E-state index is 0.0421. The first kappa shape index (κ1) is 24.7. The van der Waals surface area contributed by atoms with E-state index in [2.05, 4.69) is 53.3 Å². The van der Waals surface area contributed by atoms with Gasteiger partial charge in [-0.1, -0.05) is 58.9 Å². The van der Waals surface area contributed by atoms with Gasteiger partial charge >= 0.3 is 0 Å². The molecule has 3 fully saturated rings. The standard InChI is InChI=1S/C28H46O3/c1-18(2)19(3)8-9-21(5)24-12-13-25-27(24,6)14-7-15-28(25,31)26(30)17-22-16-23(29)11-10-20(22)4/h8-9,17-19,21,23-26,29-31H,4,7,10-16H2,1-3,5-6H3/b9-8+,22-17-/t19-,21+,23-,24+,25-,26-,27+,28-/m0/s1. The second-order valence-electron chi connectivity index (χ2n) is 11.6. The smallest absolute Gasteiger partial charge is 0.102 e. The van der Waals surface area contributed by atoms with Crippen molar-refractivity contribution in [3.8, 4) is 0 Å². The molecular formula is C28H46O3. The van der Waals surface area contributed by atoms with Gasteiger partial charge in [-0.05, 0) is 98.0 Å². The molecule has 3 rings (SSSR count). The maximum absolute atomic E-state index is 11.8. The first-order valence-electron chi connectivity index (χ1n) is 12.6. The van der Waals surface area contributed by atoms with E-state index < -0.39 is 11.7 Å². The Labute approximate surface area is 190 Å². The fraction of sp³-hybridized carbons (Fsp3) is 0.786. The van der Waals surface area contributed by atoms with Crippen molar-refractivity contribution < 1.29 is 15.3 Å². The molecule has 0 radical (unpaired) electrons. The average Bonchev–Trinajstić information content (AvgIpc) is 3.07. The molecule has 8 atom stereocenters. The summed E-state index contributed by atoms with van der Waals surface area (Å²) < 4.78 is 0. The highest BCUT2D eigenvalue weighted by Gasteiger charge is 2.59. The van der Waals surface area contributed by atoms with Gasteiger partial charge in [-0.2, -0.15) is 0 Å². The van der Waals surface area contributed by atoms with Crippen LogP contribution in [0.3, 0.4) is 0 Å². The Kier molecular flexibility index (Phi) is 7.61. The van der Waals surface area contributed by atoms with Crippen molar-refractivity contribution in [3.05, 3.63) is 36.0 Å². The minimum atomic E-state index is -1.09. The highest BCUT2D eigenvalue weighted by atomic mass is 16.3. The molecule has 31 heavy (non-hydrogen) atoms. The lowest BCUT2D eigenvalue weighted by Crippen LogP contribution is -2.56. The van der Waals surface area contributed by atoms with Crippen LogP contribution in [0.4, 0.5) is 0 Å². The highest BCUT2D eigenvalue weighted by Crippen LogP contribution is 2.61. The van der Waals surface area contributed by atoms with Crippen LogP contribution in [0.1, 0.15) is 86.0 Å². The monoisotopic (exact) mass is 430 g/mol. The Hall–Kier alpha value is -0.900. The molecule has 0 amide bonds. The zero-order chi connectivity index (χ0) is 23.0. The van der Waals surface area contributed by atoms with Crippen LogP contribution in [0.15, 0.2) is 36.0 Å². The number of rotatable bonds is 6. The molecule has 0 bridgehead atoms. The summed E-state index contributed by atoms with van der Waals surface area (Å²) in [5.74, 6) is 2.33. The third kappa shape index (κ3) is 4.89.